The van der Waals surface area contributed by atoms with E-state index in [9.17, 15) is 10.2 Å². The third-order valence-corrected chi connectivity index (χ3v) is 6.60. The molecule has 0 aromatic heterocycles. The molecule has 0 aliphatic carbocycles. The van der Waals surface area contributed by atoms with E-state index in [-0.39, 0.29) is 16.9 Å². The fraction of sp³-hybridized carbons (Fsp3) is 0.182. The number of hydrogen-bond donors (Lipinski definition) is 2. The average molecular weight is 350 g/mol. The van der Waals surface area contributed by atoms with Crippen LogP contribution in [0.2, 0.25) is 0 Å². The third-order valence-electron chi connectivity index (χ3n) is 4.15. The van der Waals surface area contributed by atoms with Gasteiger partial charge in [0, 0.05) is 10.9 Å². The van der Waals surface area contributed by atoms with E-state index in [4.69, 9.17) is 0 Å². The van der Waals surface area contributed by atoms with Crippen LogP contribution >= 0.6 is 7.92 Å². The average Bonchev–Trinajstić information content (AvgIpc) is 2.59. The van der Waals surface area contributed by atoms with Gasteiger partial charge < -0.3 is 10.2 Å². The number of hydrogen-bond acceptors (Lipinski definition) is 2. The Kier molecular flexibility index (Phi) is 4.83. The van der Waals surface area contributed by atoms with E-state index >= 15 is 0 Å². The van der Waals surface area contributed by atoms with Gasteiger partial charge in [-0.1, -0.05) is 81.4 Å². The summed E-state index contributed by atoms with van der Waals surface area (Å²) in [6, 6.07) is 23.7. The van der Waals surface area contributed by atoms with Gasteiger partial charge in [0.25, 0.3) is 0 Å². The van der Waals surface area contributed by atoms with E-state index in [0.29, 0.717) is 0 Å². The normalized spacial score (nSPS) is 11.7. The van der Waals surface area contributed by atoms with Crippen molar-refractivity contribution in [3.63, 3.8) is 0 Å². The second-order valence-corrected chi connectivity index (χ2v) is 9.30. The van der Waals surface area contributed by atoms with Gasteiger partial charge >= 0.3 is 0 Å². The topological polar surface area (TPSA) is 40.5 Å². The maximum atomic E-state index is 11.0. The quantitative estimate of drug-likeness (QED) is 0.550. The van der Waals surface area contributed by atoms with Crippen molar-refractivity contribution in [1.82, 2.24) is 0 Å². The first kappa shape index (κ1) is 17.5. The van der Waals surface area contributed by atoms with Crippen molar-refractivity contribution >= 4 is 23.8 Å². The molecule has 3 aromatic rings. The molecule has 0 aliphatic heterocycles. The van der Waals surface area contributed by atoms with Crippen molar-refractivity contribution in [3.8, 4) is 11.5 Å². The molecule has 0 radical (unpaired) electrons. The van der Waals surface area contributed by atoms with Gasteiger partial charge in [0.2, 0.25) is 0 Å². The molecule has 25 heavy (non-hydrogen) atoms. The summed E-state index contributed by atoms with van der Waals surface area (Å²) in [7, 11) is -0.956. The molecule has 3 heteroatoms. The summed E-state index contributed by atoms with van der Waals surface area (Å²) in [5.74, 6) is 0.473. The zero-order chi connectivity index (χ0) is 18.0. The minimum atomic E-state index is -0.956. The van der Waals surface area contributed by atoms with Crippen LogP contribution in [0.4, 0.5) is 0 Å². The van der Waals surface area contributed by atoms with E-state index < -0.39 is 7.92 Å². The van der Waals surface area contributed by atoms with Gasteiger partial charge in [-0.2, -0.15) is 0 Å². The molecule has 2 N–H and O–H groups in total. The minimum Gasteiger partial charge on any atom is -0.508 e. The van der Waals surface area contributed by atoms with E-state index in [2.05, 4.69) is 24.3 Å². The third kappa shape index (κ3) is 3.70. The first-order valence-electron chi connectivity index (χ1n) is 8.34. The van der Waals surface area contributed by atoms with E-state index in [1.54, 1.807) is 12.1 Å². The van der Waals surface area contributed by atoms with Crippen molar-refractivity contribution < 1.29 is 10.2 Å². The van der Waals surface area contributed by atoms with Crippen molar-refractivity contribution in [2.45, 2.75) is 26.2 Å². The predicted octanol–water partition coefficient (Wildman–Crippen LogP) is 4.15. The van der Waals surface area contributed by atoms with Gasteiger partial charge in [0.15, 0.2) is 0 Å². The lowest BCUT2D eigenvalue weighted by Gasteiger charge is -2.26. The first-order chi connectivity index (χ1) is 11.9. The molecule has 0 unspecified atom stereocenters. The molecular formula is C22H23O2P. The van der Waals surface area contributed by atoms with Crippen molar-refractivity contribution in [1.29, 1.82) is 0 Å². The second kappa shape index (κ2) is 6.90. The monoisotopic (exact) mass is 350 g/mol. The second-order valence-electron chi connectivity index (χ2n) is 7.12. The Morgan fingerprint density at radius 3 is 1.64 bits per heavy atom. The maximum absolute atomic E-state index is 11.0. The Balaban J connectivity index is 2.27. The van der Waals surface area contributed by atoms with Crippen LogP contribution in [0, 0.1) is 0 Å². The van der Waals surface area contributed by atoms with Gasteiger partial charge in [-0.3, -0.25) is 0 Å². The molecule has 2 nitrogen and oxygen atoms in total. The molecular weight excluding hydrogens is 327 g/mol. The molecule has 128 valence electrons. The molecule has 0 aliphatic rings. The summed E-state index contributed by atoms with van der Waals surface area (Å²) < 4.78 is 0. The highest BCUT2D eigenvalue weighted by Crippen LogP contribution is 2.41. The Labute approximate surface area is 150 Å². The van der Waals surface area contributed by atoms with Gasteiger partial charge in [-0.25, -0.2) is 0 Å². The van der Waals surface area contributed by atoms with Crippen LogP contribution in [-0.2, 0) is 5.41 Å². The molecule has 0 fully saturated rings. The molecule has 0 saturated heterocycles. The van der Waals surface area contributed by atoms with Crippen LogP contribution < -0.4 is 15.9 Å². The van der Waals surface area contributed by atoms with E-state index in [0.717, 1.165) is 21.5 Å². The van der Waals surface area contributed by atoms with Crippen LogP contribution in [0.5, 0.6) is 11.5 Å². The number of phenols is 2. The maximum Gasteiger partial charge on any atom is 0.127 e. The highest BCUT2D eigenvalue weighted by atomic mass is 31.1. The van der Waals surface area contributed by atoms with Crippen molar-refractivity contribution in [2.75, 3.05) is 0 Å². The van der Waals surface area contributed by atoms with Crippen LogP contribution in [0.15, 0.2) is 72.8 Å². The summed E-state index contributed by atoms with van der Waals surface area (Å²) in [6.07, 6.45) is 0. The lowest BCUT2D eigenvalue weighted by atomic mass is 9.86. The molecule has 0 heterocycles. The summed E-state index contributed by atoms with van der Waals surface area (Å²) in [5, 5.41) is 24.4. The van der Waals surface area contributed by atoms with Crippen LogP contribution in [0.1, 0.15) is 26.3 Å². The Morgan fingerprint density at radius 1 is 0.720 bits per heavy atom. The lowest BCUT2D eigenvalue weighted by Crippen LogP contribution is -2.23. The predicted molar refractivity (Wildman–Crippen MR) is 107 cm³/mol. The largest absolute Gasteiger partial charge is 0.508 e. The van der Waals surface area contributed by atoms with Crippen molar-refractivity contribution in [2.24, 2.45) is 0 Å². The molecule has 3 rings (SSSR count). The van der Waals surface area contributed by atoms with E-state index in [1.807, 2.05) is 57.2 Å². The molecule has 0 bridgehead atoms. The summed E-state index contributed by atoms with van der Waals surface area (Å²) in [4.78, 5) is 0. The zero-order valence-corrected chi connectivity index (χ0v) is 15.7. The Hall–Kier alpha value is -2.31. The minimum absolute atomic E-state index is 0.192. The van der Waals surface area contributed by atoms with Gasteiger partial charge in [0.05, 0.1) is 0 Å². The fourth-order valence-electron chi connectivity index (χ4n) is 2.93. The SMILES string of the molecule is CC(C)(C)c1cc(O)cc(P(c2ccccc2)c2ccccc2)c1O. The number of phenolic OH excluding ortho intramolecular Hbond substituents is 2. The number of aromatic hydroxyl groups is 2. The highest BCUT2D eigenvalue weighted by Gasteiger charge is 2.26. The van der Waals surface area contributed by atoms with Gasteiger partial charge in [0.1, 0.15) is 11.5 Å². The summed E-state index contributed by atoms with van der Waals surface area (Å²) >= 11 is 0. The van der Waals surface area contributed by atoms with E-state index in [1.165, 1.54) is 0 Å². The van der Waals surface area contributed by atoms with Crippen molar-refractivity contribution in [3.05, 3.63) is 78.4 Å². The van der Waals surface area contributed by atoms with Gasteiger partial charge in [-0.15, -0.1) is 0 Å². The molecule has 0 atom stereocenters. The summed E-state index contributed by atoms with van der Waals surface area (Å²) in [6.45, 7) is 6.12. The smallest absolute Gasteiger partial charge is 0.127 e. The number of rotatable bonds is 3. The van der Waals surface area contributed by atoms with Crippen LogP contribution in [-0.4, -0.2) is 10.2 Å². The van der Waals surface area contributed by atoms with Crippen LogP contribution in [0.3, 0.4) is 0 Å². The molecule has 0 saturated carbocycles. The summed E-state index contributed by atoms with van der Waals surface area (Å²) in [5.41, 5.74) is 0.508. The molecule has 0 spiro atoms. The first-order valence-corrected chi connectivity index (χ1v) is 9.69. The molecule has 0 amide bonds. The fourth-order valence-corrected chi connectivity index (χ4v) is 5.32. The number of benzene rings is 3. The Bertz CT molecular complexity index is 813. The molecule has 3 aromatic carbocycles. The zero-order valence-electron chi connectivity index (χ0n) is 14.8. The van der Waals surface area contributed by atoms with Crippen LogP contribution in [0.25, 0.3) is 0 Å². The standard InChI is InChI=1S/C22H23O2P/c1-22(2,3)19-14-16(23)15-20(21(19)24)25(17-10-6-4-7-11-17)18-12-8-5-9-13-18/h4-15,23-24H,1-3H3. The lowest BCUT2D eigenvalue weighted by molar-refractivity contribution is 0.439. The Morgan fingerprint density at radius 2 is 1.20 bits per heavy atom. The highest BCUT2D eigenvalue weighted by molar-refractivity contribution is 7.80. The van der Waals surface area contributed by atoms with Gasteiger partial charge in [-0.05, 0) is 36.1 Å².